The van der Waals surface area contributed by atoms with E-state index < -0.39 is 0 Å². The van der Waals surface area contributed by atoms with Gasteiger partial charge in [0, 0.05) is 12.5 Å². The van der Waals surface area contributed by atoms with Crippen molar-refractivity contribution >= 4 is 23.1 Å². The van der Waals surface area contributed by atoms with E-state index in [1.54, 1.807) is 0 Å². The average molecular weight is 240 g/mol. The average Bonchev–Trinajstić information content (AvgIpc) is 2.86. The zero-order valence-corrected chi connectivity index (χ0v) is 10.6. The van der Waals surface area contributed by atoms with Gasteiger partial charge < -0.3 is 10.6 Å². The molecule has 2 aliphatic rings. The number of nitrogens with zero attached hydrogens (tertiary/aromatic N) is 1. The third-order valence-corrected chi connectivity index (χ3v) is 4.22. The third kappa shape index (κ3) is 2.21. The van der Waals surface area contributed by atoms with Crippen molar-refractivity contribution in [2.24, 2.45) is 23.5 Å². The van der Waals surface area contributed by atoms with Crippen molar-refractivity contribution in [3.05, 3.63) is 0 Å². The summed E-state index contributed by atoms with van der Waals surface area (Å²) in [5.74, 6) is 1.98. The molecule has 2 fully saturated rings. The van der Waals surface area contributed by atoms with Crippen LogP contribution in [0.25, 0.3) is 0 Å². The molecule has 90 valence electrons. The number of fused-ring (bicyclic) bond motifs is 2. The van der Waals surface area contributed by atoms with Gasteiger partial charge in [0.15, 0.2) is 0 Å². The minimum Gasteiger partial charge on any atom is -0.392 e. The molecule has 2 bridgehead atoms. The molecule has 0 aromatic carbocycles. The Hall–Kier alpha value is -0.640. The summed E-state index contributed by atoms with van der Waals surface area (Å²) in [5.41, 5.74) is 5.52. The maximum atomic E-state index is 12.3. The first-order valence-electron chi connectivity index (χ1n) is 6.19. The predicted molar refractivity (Wildman–Crippen MR) is 68.0 cm³/mol. The number of amides is 1. The van der Waals surface area contributed by atoms with Crippen LogP contribution in [0.1, 0.15) is 32.6 Å². The number of nitrogens with two attached hydrogens (primary N) is 1. The van der Waals surface area contributed by atoms with Crippen molar-refractivity contribution in [1.29, 1.82) is 0 Å². The fourth-order valence-corrected chi connectivity index (χ4v) is 3.47. The molecule has 0 aromatic heterocycles. The van der Waals surface area contributed by atoms with Gasteiger partial charge in [-0.3, -0.25) is 4.79 Å². The van der Waals surface area contributed by atoms with Crippen LogP contribution in [0.15, 0.2) is 0 Å². The highest BCUT2D eigenvalue weighted by Crippen LogP contribution is 2.48. The van der Waals surface area contributed by atoms with Crippen LogP contribution in [0.4, 0.5) is 0 Å². The Labute approximate surface area is 102 Å². The summed E-state index contributed by atoms with van der Waals surface area (Å²) >= 11 is 4.88. The summed E-state index contributed by atoms with van der Waals surface area (Å²) in [6.45, 7) is 3.14. The molecule has 0 heterocycles. The van der Waals surface area contributed by atoms with Crippen LogP contribution < -0.4 is 5.73 Å². The van der Waals surface area contributed by atoms with Crippen LogP contribution in [0.2, 0.25) is 0 Å². The molecule has 2 N–H and O–H groups in total. The Bertz CT molecular complexity index is 305. The molecule has 16 heavy (non-hydrogen) atoms. The van der Waals surface area contributed by atoms with Gasteiger partial charge in [-0.15, -0.1) is 0 Å². The van der Waals surface area contributed by atoms with E-state index >= 15 is 0 Å². The van der Waals surface area contributed by atoms with Crippen molar-refractivity contribution in [2.75, 3.05) is 13.1 Å². The standard InChI is InChI=1S/C12H20N2OS/c1-2-14(7-11(13)16)12(15)10-6-8-3-4-9(10)5-8/h8-10H,2-7H2,1H3,(H2,13,16). The molecule has 2 saturated carbocycles. The van der Waals surface area contributed by atoms with Crippen molar-refractivity contribution in [2.45, 2.75) is 32.6 Å². The molecule has 2 aliphatic carbocycles. The molecule has 0 aliphatic heterocycles. The lowest BCUT2D eigenvalue weighted by Gasteiger charge is -2.28. The molecule has 3 unspecified atom stereocenters. The number of rotatable bonds is 4. The molecular weight excluding hydrogens is 220 g/mol. The number of carbonyl (C=O) groups is 1. The van der Waals surface area contributed by atoms with Crippen molar-refractivity contribution in [3.8, 4) is 0 Å². The fourth-order valence-electron chi connectivity index (χ4n) is 3.32. The Balaban J connectivity index is 1.97. The lowest BCUT2D eigenvalue weighted by Crippen LogP contribution is -2.42. The molecule has 3 atom stereocenters. The van der Waals surface area contributed by atoms with Gasteiger partial charge >= 0.3 is 0 Å². The summed E-state index contributed by atoms with van der Waals surface area (Å²) in [5, 5.41) is 0. The quantitative estimate of drug-likeness (QED) is 0.759. The first-order chi connectivity index (χ1) is 7.61. The third-order valence-electron chi connectivity index (χ3n) is 4.10. The number of likely N-dealkylation sites (N-methyl/N-ethyl adjacent to an activating group) is 1. The van der Waals surface area contributed by atoms with Gasteiger partial charge in [-0.1, -0.05) is 18.6 Å². The lowest BCUT2D eigenvalue weighted by atomic mass is 9.88. The van der Waals surface area contributed by atoms with E-state index in [0.29, 0.717) is 24.0 Å². The van der Waals surface area contributed by atoms with E-state index in [9.17, 15) is 4.79 Å². The molecule has 2 rings (SSSR count). The van der Waals surface area contributed by atoms with Crippen LogP contribution in [-0.2, 0) is 4.79 Å². The highest BCUT2D eigenvalue weighted by molar-refractivity contribution is 7.80. The van der Waals surface area contributed by atoms with Gasteiger partial charge in [0.05, 0.1) is 11.5 Å². The largest absolute Gasteiger partial charge is 0.392 e. The molecule has 0 radical (unpaired) electrons. The van der Waals surface area contributed by atoms with E-state index in [-0.39, 0.29) is 11.8 Å². The summed E-state index contributed by atoms with van der Waals surface area (Å²) in [4.78, 5) is 14.5. The van der Waals surface area contributed by atoms with Gasteiger partial charge in [0.1, 0.15) is 0 Å². The van der Waals surface area contributed by atoms with E-state index in [0.717, 1.165) is 12.3 Å². The minimum atomic E-state index is 0.257. The molecule has 4 heteroatoms. The zero-order chi connectivity index (χ0) is 11.7. The SMILES string of the molecule is CCN(CC(N)=S)C(=O)C1CC2CCC1C2. The predicted octanol–water partition coefficient (Wildman–Crippen LogP) is 1.56. The minimum absolute atomic E-state index is 0.257. The van der Waals surface area contributed by atoms with Crippen molar-refractivity contribution in [3.63, 3.8) is 0 Å². The van der Waals surface area contributed by atoms with Crippen LogP contribution >= 0.6 is 12.2 Å². The summed E-state index contributed by atoms with van der Waals surface area (Å²) in [6, 6.07) is 0. The summed E-state index contributed by atoms with van der Waals surface area (Å²) in [6.07, 6.45) is 4.93. The summed E-state index contributed by atoms with van der Waals surface area (Å²) in [7, 11) is 0. The topological polar surface area (TPSA) is 46.3 Å². The van der Waals surface area contributed by atoms with Crippen LogP contribution in [-0.4, -0.2) is 28.9 Å². The van der Waals surface area contributed by atoms with E-state index in [1.165, 1.54) is 19.3 Å². The second-order valence-electron chi connectivity index (χ2n) is 5.10. The number of hydrogen-bond donors (Lipinski definition) is 1. The second-order valence-corrected chi connectivity index (χ2v) is 5.62. The number of hydrogen-bond acceptors (Lipinski definition) is 2. The van der Waals surface area contributed by atoms with Gasteiger partial charge in [0.25, 0.3) is 0 Å². The monoisotopic (exact) mass is 240 g/mol. The van der Waals surface area contributed by atoms with Gasteiger partial charge in [-0.05, 0) is 38.0 Å². The van der Waals surface area contributed by atoms with Crippen molar-refractivity contribution < 1.29 is 4.79 Å². The molecule has 0 aromatic rings. The highest BCUT2D eigenvalue weighted by atomic mass is 32.1. The molecule has 1 amide bonds. The normalized spacial score (nSPS) is 31.7. The Morgan fingerprint density at radius 1 is 1.44 bits per heavy atom. The summed E-state index contributed by atoms with van der Waals surface area (Å²) < 4.78 is 0. The highest BCUT2D eigenvalue weighted by Gasteiger charge is 2.44. The Kier molecular flexibility index (Phi) is 3.47. The number of carbonyl (C=O) groups excluding carboxylic acids is 1. The van der Waals surface area contributed by atoms with Gasteiger partial charge in [0.2, 0.25) is 5.91 Å². The molecule has 0 spiro atoms. The molecule has 0 saturated heterocycles. The maximum Gasteiger partial charge on any atom is 0.226 e. The van der Waals surface area contributed by atoms with E-state index in [4.69, 9.17) is 18.0 Å². The van der Waals surface area contributed by atoms with Crippen LogP contribution in [0.5, 0.6) is 0 Å². The first-order valence-corrected chi connectivity index (χ1v) is 6.59. The van der Waals surface area contributed by atoms with E-state index in [1.807, 2.05) is 11.8 Å². The smallest absolute Gasteiger partial charge is 0.226 e. The maximum absolute atomic E-state index is 12.3. The first kappa shape index (κ1) is 11.8. The second kappa shape index (κ2) is 4.70. The molecule has 3 nitrogen and oxygen atoms in total. The molecular formula is C12H20N2OS. The zero-order valence-electron chi connectivity index (χ0n) is 9.82. The van der Waals surface area contributed by atoms with E-state index in [2.05, 4.69) is 0 Å². The van der Waals surface area contributed by atoms with Crippen LogP contribution in [0.3, 0.4) is 0 Å². The van der Waals surface area contributed by atoms with Crippen LogP contribution in [0, 0.1) is 17.8 Å². The number of thiocarbonyl (C=S) groups is 1. The fraction of sp³-hybridized carbons (Fsp3) is 0.833. The van der Waals surface area contributed by atoms with Gasteiger partial charge in [-0.25, -0.2) is 0 Å². The Morgan fingerprint density at radius 2 is 2.19 bits per heavy atom. The van der Waals surface area contributed by atoms with Crippen molar-refractivity contribution in [1.82, 2.24) is 4.90 Å². The van der Waals surface area contributed by atoms with Gasteiger partial charge in [-0.2, -0.15) is 0 Å². The Morgan fingerprint density at radius 3 is 2.62 bits per heavy atom. The lowest BCUT2D eigenvalue weighted by molar-refractivity contribution is -0.136.